The van der Waals surface area contributed by atoms with Crippen LogP contribution in [0.15, 0.2) is 42.6 Å². The van der Waals surface area contributed by atoms with E-state index in [1.165, 1.54) is 14.2 Å². The van der Waals surface area contributed by atoms with Gasteiger partial charge in [0.25, 0.3) is 5.91 Å². The number of anilines is 2. The Labute approximate surface area is 228 Å². The SMILES string of the molecule is CCCC(CCC)Nc1ccc(C(=O)N[C@@H](Cc2c[nH]c3ccc(OCC(=O)OC)cc23)C(=O)OC)cc1N. The molecule has 10 heteroatoms. The molecule has 0 bridgehead atoms. The fourth-order valence-electron chi connectivity index (χ4n) is 4.46. The third kappa shape index (κ3) is 7.89. The zero-order valence-corrected chi connectivity index (χ0v) is 23.0. The molecular weight excluding hydrogens is 500 g/mol. The van der Waals surface area contributed by atoms with Gasteiger partial charge in [0.05, 0.1) is 25.6 Å². The van der Waals surface area contributed by atoms with Crippen molar-refractivity contribution in [2.75, 3.05) is 31.9 Å². The topological polar surface area (TPSA) is 145 Å². The maximum absolute atomic E-state index is 13.1. The van der Waals surface area contributed by atoms with E-state index in [9.17, 15) is 14.4 Å². The smallest absolute Gasteiger partial charge is 0.343 e. The van der Waals surface area contributed by atoms with Gasteiger partial charge in [0.15, 0.2) is 6.61 Å². The lowest BCUT2D eigenvalue weighted by Crippen LogP contribution is -2.43. The van der Waals surface area contributed by atoms with Crippen molar-refractivity contribution >= 4 is 40.1 Å². The molecule has 3 aromatic rings. The second-order valence-electron chi connectivity index (χ2n) is 9.36. The van der Waals surface area contributed by atoms with Crippen LogP contribution in [0.2, 0.25) is 0 Å². The fraction of sp³-hybridized carbons (Fsp3) is 0.414. The third-order valence-electron chi connectivity index (χ3n) is 6.49. The molecule has 0 saturated carbocycles. The number of nitrogens with one attached hydrogen (secondary N) is 3. The van der Waals surface area contributed by atoms with E-state index in [2.05, 4.69) is 34.2 Å². The van der Waals surface area contributed by atoms with Crippen molar-refractivity contribution in [2.45, 2.75) is 58.0 Å². The Morgan fingerprint density at radius 1 is 1.00 bits per heavy atom. The maximum atomic E-state index is 13.1. The number of methoxy groups -OCH3 is 2. The molecular formula is C29H38N4O6. The molecule has 1 heterocycles. The quantitative estimate of drug-likeness (QED) is 0.177. The minimum atomic E-state index is -0.946. The lowest BCUT2D eigenvalue weighted by atomic mass is 10.0. The molecule has 39 heavy (non-hydrogen) atoms. The second-order valence-corrected chi connectivity index (χ2v) is 9.36. The molecule has 0 unspecified atom stereocenters. The van der Waals surface area contributed by atoms with Crippen molar-refractivity contribution in [3.05, 3.63) is 53.7 Å². The van der Waals surface area contributed by atoms with Crippen LogP contribution in [-0.2, 0) is 25.5 Å². The standard InChI is InChI=1S/C29H38N4O6/c1-5-7-20(8-6-2)32-25-11-9-18(13-23(25)30)28(35)33-26(29(36)38-4)14-19-16-31-24-12-10-21(15-22(19)24)39-17-27(34)37-3/h9-13,15-16,20,26,31-32H,5-8,14,17,30H2,1-4H3,(H,33,35)/t26-/m0/s1. The summed E-state index contributed by atoms with van der Waals surface area (Å²) in [7, 11) is 2.56. The summed E-state index contributed by atoms with van der Waals surface area (Å²) >= 11 is 0. The van der Waals surface area contributed by atoms with Crippen LogP contribution in [0.3, 0.4) is 0 Å². The van der Waals surface area contributed by atoms with Gasteiger partial charge in [0, 0.05) is 35.1 Å². The molecule has 3 rings (SSSR count). The lowest BCUT2D eigenvalue weighted by Gasteiger charge is -2.21. The van der Waals surface area contributed by atoms with Crippen LogP contribution in [0.25, 0.3) is 10.9 Å². The highest BCUT2D eigenvalue weighted by Crippen LogP contribution is 2.26. The molecule has 10 nitrogen and oxygen atoms in total. The molecule has 0 radical (unpaired) electrons. The van der Waals surface area contributed by atoms with Crippen LogP contribution in [0.1, 0.15) is 55.5 Å². The van der Waals surface area contributed by atoms with E-state index in [1.54, 1.807) is 42.6 Å². The van der Waals surface area contributed by atoms with Gasteiger partial charge in [-0.3, -0.25) is 4.79 Å². The van der Waals surface area contributed by atoms with Gasteiger partial charge >= 0.3 is 11.9 Å². The van der Waals surface area contributed by atoms with E-state index >= 15 is 0 Å². The van der Waals surface area contributed by atoms with Gasteiger partial charge in [0.2, 0.25) is 0 Å². The zero-order valence-electron chi connectivity index (χ0n) is 23.0. The number of rotatable bonds is 14. The number of carbonyl (C=O) groups excluding carboxylic acids is 3. The summed E-state index contributed by atoms with van der Waals surface area (Å²) in [5.74, 6) is -1.05. The van der Waals surface area contributed by atoms with Crippen molar-refractivity contribution in [1.82, 2.24) is 10.3 Å². The van der Waals surface area contributed by atoms with Crippen LogP contribution < -0.4 is 21.1 Å². The van der Waals surface area contributed by atoms with Crippen LogP contribution in [0, 0.1) is 0 Å². The Morgan fingerprint density at radius 2 is 1.74 bits per heavy atom. The first kappa shape index (κ1) is 29.3. The van der Waals surface area contributed by atoms with Gasteiger partial charge in [-0.25, -0.2) is 9.59 Å². The number of esters is 2. The number of benzene rings is 2. The zero-order chi connectivity index (χ0) is 28.4. The van der Waals surface area contributed by atoms with Gasteiger partial charge in [0.1, 0.15) is 11.8 Å². The van der Waals surface area contributed by atoms with Gasteiger partial charge in [-0.15, -0.1) is 0 Å². The van der Waals surface area contributed by atoms with E-state index in [-0.39, 0.29) is 13.0 Å². The number of aromatic nitrogens is 1. The monoisotopic (exact) mass is 538 g/mol. The summed E-state index contributed by atoms with van der Waals surface area (Å²) in [5, 5.41) is 7.05. The molecule has 0 aliphatic rings. The summed E-state index contributed by atoms with van der Waals surface area (Å²) in [6.45, 7) is 4.07. The summed E-state index contributed by atoms with van der Waals surface area (Å²) in [6, 6.07) is 9.75. The molecule has 0 saturated heterocycles. The average molecular weight is 539 g/mol. The Bertz CT molecular complexity index is 1280. The van der Waals surface area contributed by atoms with Crippen molar-refractivity contribution in [3.8, 4) is 5.75 Å². The number of nitrogen functional groups attached to an aromatic ring is 1. The highest BCUT2D eigenvalue weighted by molar-refractivity contribution is 5.98. The van der Waals surface area contributed by atoms with Gasteiger partial charge in [-0.1, -0.05) is 26.7 Å². The van der Waals surface area contributed by atoms with Crippen LogP contribution in [-0.4, -0.2) is 55.7 Å². The van der Waals surface area contributed by atoms with Gasteiger partial charge < -0.3 is 35.6 Å². The molecule has 1 atom stereocenters. The highest BCUT2D eigenvalue weighted by Gasteiger charge is 2.24. The number of hydrogen-bond donors (Lipinski definition) is 4. The first-order valence-electron chi connectivity index (χ1n) is 13.1. The van der Waals surface area contributed by atoms with E-state index in [0.717, 1.165) is 47.8 Å². The minimum Gasteiger partial charge on any atom is -0.482 e. The molecule has 1 aromatic heterocycles. The molecule has 0 aliphatic carbocycles. The molecule has 0 spiro atoms. The summed E-state index contributed by atoms with van der Waals surface area (Å²) in [4.78, 5) is 40.3. The van der Waals surface area contributed by atoms with Crippen molar-refractivity contribution in [3.63, 3.8) is 0 Å². The number of aromatic amines is 1. The Hall–Kier alpha value is -4.21. The number of ether oxygens (including phenoxy) is 3. The normalized spacial score (nSPS) is 11.7. The number of amides is 1. The predicted octanol–water partition coefficient (Wildman–Crippen LogP) is 4.20. The van der Waals surface area contributed by atoms with Crippen molar-refractivity contribution in [1.29, 1.82) is 0 Å². The molecule has 1 amide bonds. The van der Waals surface area contributed by atoms with Gasteiger partial charge in [-0.05, 0) is 54.8 Å². The van der Waals surface area contributed by atoms with Crippen LogP contribution in [0.5, 0.6) is 5.75 Å². The number of nitrogens with two attached hydrogens (primary N) is 1. The Kier molecular flexibility index (Phi) is 10.6. The molecule has 210 valence electrons. The maximum Gasteiger partial charge on any atom is 0.343 e. The average Bonchev–Trinajstić information content (AvgIpc) is 3.33. The summed E-state index contributed by atoms with van der Waals surface area (Å²) in [6.07, 6.45) is 6.12. The van der Waals surface area contributed by atoms with E-state index in [4.69, 9.17) is 15.2 Å². The van der Waals surface area contributed by atoms with E-state index in [0.29, 0.717) is 23.0 Å². The summed E-state index contributed by atoms with van der Waals surface area (Å²) < 4.78 is 15.1. The highest BCUT2D eigenvalue weighted by atomic mass is 16.6. The number of hydrogen-bond acceptors (Lipinski definition) is 8. The second kappa shape index (κ2) is 14.1. The number of fused-ring (bicyclic) bond motifs is 1. The number of carbonyl (C=O) groups is 3. The molecule has 0 fully saturated rings. The largest absolute Gasteiger partial charge is 0.482 e. The number of H-pyrrole nitrogens is 1. The Balaban J connectivity index is 1.75. The first-order valence-corrected chi connectivity index (χ1v) is 13.1. The first-order chi connectivity index (χ1) is 18.8. The Morgan fingerprint density at radius 3 is 2.38 bits per heavy atom. The molecule has 5 N–H and O–H groups in total. The van der Waals surface area contributed by atoms with Crippen LogP contribution in [0.4, 0.5) is 11.4 Å². The minimum absolute atomic E-state index is 0.170. The van der Waals surface area contributed by atoms with Crippen molar-refractivity contribution in [2.24, 2.45) is 0 Å². The van der Waals surface area contributed by atoms with Crippen LogP contribution >= 0.6 is 0 Å². The predicted molar refractivity (Wildman–Crippen MR) is 151 cm³/mol. The van der Waals surface area contributed by atoms with E-state index < -0.39 is 23.9 Å². The van der Waals surface area contributed by atoms with Crippen molar-refractivity contribution < 1.29 is 28.6 Å². The molecule has 0 aliphatic heterocycles. The summed E-state index contributed by atoms with van der Waals surface area (Å²) in [5.41, 5.74) is 9.44. The molecule has 2 aromatic carbocycles. The fourth-order valence-corrected chi connectivity index (χ4v) is 4.46. The lowest BCUT2D eigenvalue weighted by molar-refractivity contribution is -0.143. The third-order valence-corrected chi connectivity index (χ3v) is 6.49. The van der Waals surface area contributed by atoms with Gasteiger partial charge in [-0.2, -0.15) is 0 Å². The van der Waals surface area contributed by atoms with E-state index in [1.807, 2.05) is 0 Å².